The number of halogens is 2. The van der Waals surface area contributed by atoms with Gasteiger partial charge in [0.25, 0.3) is 0 Å². The van der Waals surface area contributed by atoms with Gasteiger partial charge in [0.2, 0.25) is 5.95 Å². The molecule has 0 spiro atoms. The molecule has 6 nitrogen and oxygen atoms in total. The number of rotatable bonds is 4. The fourth-order valence-corrected chi connectivity index (χ4v) is 5.22. The molecular weight excluding hydrogens is 455 g/mol. The first-order valence-corrected chi connectivity index (χ1v) is 10.3. The van der Waals surface area contributed by atoms with Gasteiger partial charge < -0.3 is 15.2 Å². The van der Waals surface area contributed by atoms with Gasteiger partial charge in [0.1, 0.15) is 5.52 Å². The predicted molar refractivity (Wildman–Crippen MR) is 105 cm³/mol. The van der Waals surface area contributed by atoms with E-state index in [9.17, 15) is 5.11 Å². The number of nitrogens with one attached hydrogen (secondary N) is 1. The molecule has 1 aliphatic carbocycles. The van der Waals surface area contributed by atoms with Crippen LogP contribution in [0, 0.1) is 3.57 Å². The van der Waals surface area contributed by atoms with Crippen molar-refractivity contribution in [1.29, 1.82) is 0 Å². The summed E-state index contributed by atoms with van der Waals surface area (Å²) in [4.78, 5) is 4.42. The molecule has 1 saturated carbocycles. The fraction of sp³-hybridized carbons (Fsp3) is 0.647. The number of nitrogens with zero attached hydrogens (tertiary/aromatic N) is 3. The Labute approximate surface area is 165 Å². The van der Waals surface area contributed by atoms with Crippen LogP contribution in [-0.2, 0) is 10.2 Å². The minimum Gasteiger partial charge on any atom is -0.389 e. The van der Waals surface area contributed by atoms with Gasteiger partial charge in [0, 0.05) is 12.0 Å². The third-order valence-electron chi connectivity index (χ3n) is 5.70. The highest BCUT2D eigenvalue weighted by Gasteiger charge is 2.42. The number of aliphatic hydroxyl groups is 1. The average molecular weight is 477 g/mol. The van der Waals surface area contributed by atoms with Gasteiger partial charge in [-0.1, -0.05) is 24.9 Å². The van der Waals surface area contributed by atoms with Crippen molar-refractivity contribution in [2.45, 2.75) is 56.6 Å². The molecule has 8 heteroatoms. The first kappa shape index (κ1) is 17.8. The fourth-order valence-electron chi connectivity index (χ4n) is 3.92. The Balaban J connectivity index is 1.74. The minimum atomic E-state index is -0.547. The number of aromatic nitrogens is 3. The molecule has 0 radical (unpaired) electrons. The van der Waals surface area contributed by atoms with Crippen molar-refractivity contribution >= 4 is 45.7 Å². The highest BCUT2D eigenvalue weighted by Crippen LogP contribution is 2.49. The molecule has 0 unspecified atom stereocenters. The van der Waals surface area contributed by atoms with Crippen LogP contribution < -0.4 is 5.32 Å². The van der Waals surface area contributed by atoms with E-state index in [1.165, 1.54) is 25.0 Å². The molecule has 1 saturated heterocycles. The highest BCUT2D eigenvalue weighted by atomic mass is 127. The van der Waals surface area contributed by atoms with Crippen molar-refractivity contribution in [3.63, 3.8) is 0 Å². The van der Waals surface area contributed by atoms with Gasteiger partial charge in [-0.05, 0) is 48.3 Å². The Bertz CT molecular complexity index is 787. The van der Waals surface area contributed by atoms with Crippen LogP contribution in [0.3, 0.4) is 0 Å². The van der Waals surface area contributed by atoms with Crippen LogP contribution in [0.15, 0.2) is 6.20 Å². The maximum absolute atomic E-state index is 10.1. The van der Waals surface area contributed by atoms with E-state index in [0.29, 0.717) is 19.2 Å². The zero-order valence-electron chi connectivity index (χ0n) is 14.1. The van der Waals surface area contributed by atoms with E-state index in [2.05, 4.69) is 39.8 Å². The Hall–Kier alpha value is -0.640. The summed E-state index contributed by atoms with van der Waals surface area (Å²) in [7, 11) is 0. The summed E-state index contributed by atoms with van der Waals surface area (Å²) in [6, 6.07) is -0.0939. The van der Waals surface area contributed by atoms with Crippen LogP contribution in [0.4, 0.5) is 5.95 Å². The van der Waals surface area contributed by atoms with E-state index in [-0.39, 0.29) is 11.5 Å². The first-order valence-electron chi connectivity index (χ1n) is 8.81. The van der Waals surface area contributed by atoms with Gasteiger partial charge in [0.15, 0.2) is 0 Å². The molecular formula is C17H22ClIN4O2. The van der Waals surface area contributed by atoms with Gasteiger partial charge >= 0.3 is 0 Å². The molecule has 2 aromatic rings. The molecule has 2 aliphatic rings. The van der Waals surface area contributed by atoms with E-state index in [0.717, 1.165) is 27.0 Å². The minimum absolute atomic E-state index is 0.0939. The molecule has 0 bridgehead atoms. The largest absolute Gasteiger partial charge is 0.389 e. The summed E-state index contributed by atoms with van der Waals surface area (Å²) in [5.74, 6) is 0.522. The van der Waals surface area contributed by atoms with Crippen LogP contribution in [0.2, 0.25) is 5.02 Å². The summed E-state index contributed by atoms with van der Waals surface area (Å²) in [6.07, 6.45) is 6.64. The smallest absolute Gasteiger partial charge is 0.241 e. The maximum Gasteiger partial charge on any atom is 0.241 e. The molecule has 0 amide bonds. The topological polar surface area (TPSA) is 71.7 Å². The van der Waals surface area contributed by atoms with Gasteiger partial charge in [0.05, 0.1) is 39.2 Å². The second kappa shape index (κ2) is 6.83. The quantitative estimate of drug-likeness (QED) is 0.662. The van der Waals surface area contributed by atoms with E-state index >= 15 is 0 Å². The number of ether oxygens (including phenoxy) is 1. The first-order chi connectivity index (χ1) is 12.1. The van der Waals surface area contributed by atoms with Crippen molar-refractivity contribution in [2.75, 3.05) is 18.5 Å². The summed E-state index contributed by atoms with van der Waals surface area (Å²) < 4.78 is 8.33. The van der Waals surface area contributed by atoms with E-state index in [1.807, 2.05) is 4.52 Å². The molecule has 2 fully saturated rings. The Morgan fingerprint density at radius 2 is 2.32 bits per heavy atom. The van der Waals surface area contributed by atoms with Crippen LogP contribution in [0.5, 0.6) is 0 Å². The Morgan fingerprint density at radius 1 is 1.52 bits per heavy atom. The predicted octanol–water partition coefficient (Wildman–Crippen LogP) is 3.38. The molecule has 25 heavy (non-hydrogen) atoms. The van der Waals surface area contributed by atoms with Gasteiger partial charge in [-0.2, -0.15) is 0 Å². The van der Waals surface area contributed by atoms with Crippen molar-refractivity contribution in [3.05, 3.63) is 20.5 Å². The second-order valence-electron chi connectivity index (χ2n) is 7.02. The van der Waals surface area contributed by atoms with Crippen LogP contribution in [0.1, 0.15) is 44.7 Å². The molecule has 4 rings (SSSR count). The van der Waals surface area contributed by atoms with E-state index in [1.54, 1.807) is 6.20 Å². The SMILES string of the molecule is CCC1(c2c(I)c(Cl)c3cnc(N[C@@H]4CCOC[C@H]4O)nn23)CCC1. The van der Waals surface area contributed by atoms with Crippen molar-refractivity contribution < 1.29 is 9.84 Å². The maximum atomic E-state index is 10.1. The monoisotopic (exact) mass is 476 g/mol. The molecule has 1 aliphatic heterocycles. The normalized spacial score (nSPS) is 25.8. The number of hydrogen-bond acceptors (Lipinski definition) is 5. The van der Waals surface area contributed by atoms with Crippen molar-refractivity contribution in [3.8, 4) is 0 Å². The van der Waals surface area contributed by atoms with Gasteiger partial charge in [-0.3, -0.25) is 0 Å². The summed E-state index contributed by atoms with van der Waals surface area (Å²) in [5.41, 5.74) is 2.22. The van der Waals surface area contributed by atoms with Gasteiger partial charge in [-0.25, -0.2) is 9.50 Å². The van der Waals surface area contributed by atoms with Crippen molar-refractivity contribution in [1.82, 2.24) is 14.6 Å². The lowest BCUT2D eigenvalue weighted by molar-refractivity contribution is -0.0136. The zero-order chi connectivity index (χ0) is 17.6. The Kier molecular flexibility index (Phi) is 4.85. The van der Waals surface area contributed by atoms with Crippen LogP contribution in [0.25, 0.3) is 5.52 Å². The second-order valence-corrected chi connectivity index (χ2v) is 8.48. The van der Waals surface area contributed by atoms with Crippen LogP contribution >= 0.6 is 34.2 Å². The molecule has 2 aromatic heterocycles. The van der Waals surface area contributed by atoms with E-state index < -0.39 is 6.10 Å². The molecule has 2 atom stereocenters. The third-order valence-corrected chi connectivity index (χ3v) is 7.45. The zero-order valence-corrected chi connectivity index (χ0v) is 17.0. The van der Waals surface area contributed by atoms with E-state index in [4.69, 9.17) is 21.4 Å². The molecule has 3 heterocycles. The summed E-state index contributed by atoms with van der Waals surface area (Å²) in [5, 5.41) is 18.8. The standard InChI is InChI=1S/C17H22ClIN4O2/c1-2-17(5-3-6-17)15-14(19)13(18)11-8-20-16(22-23(11)15)21-10-4-7-25-9-12(10)24/h8,10,12,24H,2-7,9H2,1H3,(H,21,22)/t10-,12-/m1/s1. The number of aliphatic hydroxyl groups excluding tert-OH is 1. The van der Waals surface area contributed by atoms with Gasteiger partial charge in [-0.15, -0.1) is 5.10 Å². The molecule has 2 N–H and O–H groups in total. The van der Waals surface area contributed by atoms with Crippen LogP contribution in [-0.4, -0.2) is 45.1 Å². The average Bonchev–Trinajstić information content (AvgIpc) is 2.82. The summed E-state index contributed by atoms with van der Waals surface area (Å²) >= 11 is 8.91. The number of hydrogen-bond donors (Lipinski definition) is 2. The highest BCUT2D eigenvalue weighted by molar-refractivity contribution is 14.1. The number of fused-ring (bicyclic) bond motifs is 1. The number of anilines is 1. The lowest BCUT2D eigenvalue weighted by atomic mass is 9.65. The molecule has 0 aromatic carbocycles. The Morgan fingerprint density at radius 3 is 2.96 bits per heavy atom. The summed E-state index contributed by atoms with van der Waals surface area (Å²) in [6.45, 7) is 3.22. The molecule has 136 valence electrons. The lowest BCUT2D eigenvalue weighted by Crippen LogP contribution is -2.42. The lowest BCUT2D eigenvalue weighted by Gasteiger charge is -2.41. The third kappa shape index (κ3) is 2.93. The van der Waals surface area contributed by atoms with Crippen molar-refractivity contribution in [2.24, 2.45) is 0 Å².